The summed E-state index contributed by atoms with van der Waals surface area (Å²) in [5.74, 6) is -0.521. The lowest BCUT2D eigenvalue weighted by Gasteiger charge is -2.14. The zero-order chi connectivity index (χ0) is 22.6. The van der Waals surface area contributed by atoms with Crippen LogP contribution in [0.3, 0.4) is 0 Å². The number of ether oxygens (including phenoxy) is 1. The van der Waals surface area contributed by atoms with Crippen LogP contribution in [0, 0.1) is 6.92 Å². The van der Waals surface area contributed by atoms with E-state index in [4.69, 9.17) is 4.74 Å². The van der Waals surface area contributed by atoms with E-state index >= 15 is 0 Å². The van der Waals surface area contributed by atoms with Crippen molar-refractivity contribution in [1.82, 2.24) is 5.32 Å². The smallest absolute Gasteiger partial charge is 0.251 e. The van der Waals surface area contributed by atoms with Gasteiger partial charge in [-0.25, -0.2) is 0 Å². The van der Waals surface area contributed by atoms with Crippen LogP contribution in [-0.2, 0) is 14.3 Å². The predicted molar refractivity (Wildman–Crippen MR) is 122 cm³/mol. The molecule has 2 rings (SSSR count). The van der Waals surface area contributed by atoms with Gasteiger partial charge in [-0.15, -0.1) is 0 Å². The first-order valence-electron chi connectivity index (χ1n) is 10.2. The molecule has 0 aromatic heterocycles. The largest absolute Gasteiger partial charge is 0.385 e. The van der Waals surface area contributed by atoms with E-state index in [1.54, 1.807) is 38.3 Å². The Morgan fingerprint density at radius 3 is 2.45 bits per heavy atom. The number of carbonyl (C=O) groups excluding carboxylic acids is 3. The van der Waals surface area contributed by atoms with Gasteiger partial charge in [0.1, 0.15) is 0 Å². The number of methoxy groups -OCH3 is 1. The number of hydrogen-bond acceptors (Lipinski definition) is 5. The van der Waals surface area contributed by atoms with Crippen LogP contribution in [0.15, 0.2) is 42.5 Å². The molecule has 0 bridgehead atoms. The summed E-state index contributed by atoms with van der Waals surface area (Å²) in [4.78, 5) is 36.2. The van der Waals surface area contributed by atoms with E-state index < -0.39 is 0 Å². The fourth-order valence-electron chi connectivity index (χ4n) is 2.84. The van der Waals surface area contributed by atoms with Crippen molar-refractivity contribution < 1.29 is 19.1 Å². The van der Waals surface area contributed by atoms with Gasteiger partial charge in [-0.05, 0) is 49.2 Å². The average molecular weight is 427 g/mol. The topological polar surface area (TPSA) is 109 Å². The zero-order valence-corrected chi connectivity index (χ0v) is 18.2. The maximum Gasteiger partial charge on any atom is 0.251 e. The van der Waals surface area contributed by atoms with E-state index in [-0.39, 0.29) is 24.3 Å². The number of benzene rings is 2. The van der Waals surface area contributed by atoms with Crippen LogP contribution in [0.5, 0.6) is 0 Å². The summed E-state index contributed by atoms with van der Waals surface area (Å²) < 4.78 is 4.96. The Bertz CT molecular complexity index is 914. The molecule has 8 nitrogen and oxygen atoms in total. The number of hydrogen-bond donors (Lipinski definition) is 4. The molecule has 4 N–H and O–H groups in total. The average Bonchev–Trinajstić information content (AvgIpc) is 2.77. The van der Waals surface area contributed by atoms with Crippen LogP contribution >= 0.6 is 0 Å². The minimum Gasteiger partial charge on any atom is -0.385 e. The fourth-order valence-corrected chi connectivity index (χ4v) is 2.84. The molecule has 0 saturated carbocycles. The minimum atomic E-state index is -0.250. The van der Waals surface area contributed by atoms with Crippen molar-refractivity contribution >= 4 is 34.8 Å². The van der Waals surface area contributed by atoms with Crippen molar-refractivity contribution in [3.63, 3.8) is 0 Å². The van der Waals surface area contributed by atoms with E-state index in [0.717, 1.165) is 17.7 Å². The summed E-state index contributed by atoms with van der Waals surface area (Å²) in [5, 5.41) is 11.5. The van der Waals surface area contributed by atoms with Crippen LogP contribution < -0.4 is 21.3 Å². The Balaban J connectivity index is 1.91. The van der Waals surface area contributed by atoms with Gasteiger partial charge >= 0.3 is 0 Å². The molecule has 0 fully saturated rings. The number of rotatable bonds is 11. The van der Waals surface area contributed by atoms with Crippen LogP contribution in [0.25, 0.3) is 0 Å². The Labute approximate surface area is 182 Å². The molecule has 0 radical (unpaired) electrons. The molecule has 166 valence electrons. The van der Waals surface area contributed by atoms with Gasteiger partial charge in [0.05, 0.1) is 6.54 Å². The summed E-state index contributed by atoms with van der Waals surface area (Å²) in [7, 11) is 1.62. The van der Waals surface area contributed by atoms with Crippen LogP contribution in [0.4, 0.5) is 17.1 Å². The maximum absolute atomic E-state index is 12.4. The second-order valence-corrected chi connectivity index (χ2v) is 6.96. The highest BCUT2D eigenvalue weighted by molar-refractivity contribution is 5.98. The Morgan fingerprint density at radius 1 is 0.968 bits per heavy atom. The number of nitrogens with one attached hydrogen (secondary N) is 4. The molecule has 2 aromatic carbocycles. The Hall–Kier alpha value is -3.39. The summed E-state index contributed by atoms with van der Waals surface area (Å²) in [6.45, 7) is 4.80. The van der Waals surface area contributed by atoms with E-state index in [1.165, 1.54) is 0 Å². The molecule has 0 unspecified atom stereocenters. The monoisotopic (exact) mass is 426 g/mol. The van der Waals surface area contributed by atoms with Gasteiger partial charge in [-0.1, -0.05) is 19.1 Å². The number of anilines is 3. The van der Waals surface area contributed by atoms with Crippen molar-refractivity contribution in [1.29, 1.82) is 0 Å². The van der Waals surface area contributed by atoms with Gasteiger partial charge in [-0.3, -0.25) is 14.4 Å². The van der Waals surface area contributed by atoms with Gasteiger partial charge in [-0.2, -0.15) is 0 Å². The lowest BCUT2D eigenvalue weighted by atomic mass is 10.1. The standard InChI is InChI=1S/C23H30N4O4/c1-4-21(28)27-20-11-6-10-19(16(20)2)25-15-22(29)26-18-9-5-8-17(14-18)23(30)24-12-7-13-31-3/h5-6,8-11,14,25H,4,7,12-13,15H2,1-3H3,(H,24,30)(H,26,29)(H,27,28). The molecular weight excluding hydrogens is 396 g/mol. The van der Waals surface area contributed by atoms with Gasteiger partial charge in [0.2, 0.25) is 11.8 Å². The highest BCUT2D eigenvalue weighted by Gasteiger charge is 2.10. The lowest BCUT2D eigenvalue weighted by Crippen LogP contribution is -2.26. The second-order valence-electron chi connectivity index (χ2n) is 6.96. The molecule has 31 heavy (non-hydrogen) atoms. The molecule has 0 saturated heterocycles. The Morgan fingerprint density at radius 2 is 1.71 bits per heavy atom. The zero-order valence-electron chi connectivity index (χ0n) is 18.2. The number of amides is 3. The number of carbonyl (C=O) groups is 3. The van der Waals surface area contributed by atoms with Crippen LogP contribution in [-0.4, -0.2) is 44.5 Å². The van der Waals surface area contributed by atoms with Crippen molar-refractivity contribution in [3.05, 3.63) is 53.6 Å². The summed E-state index contributed by atoms with van der Waals surface area (Å²) in [5.41, 5.74) is 3.33. The van der Waals surface area contributed by atoms with Crippen molar-refractivity contribution in [3.8, 4) is 0 Å². The molecule has 0 heterocycles. The first-order chi connectivity index (χ1) is 14.9. The van der Waals surface area contributed by atoms with Crippen molar-refractivity contribution in [2.45, 2.75) is 26.7 Å². The van der Waals surface area contributed by atoms with Gasteiger partial charge in [0.15, 0.2) is 0 Å². The molecule has 0 aliphatic carbocycles. The lowest BCUT2D eigenvalue weighted by molar-refractivity contribution is -0.116. The third kappa shape index (κ3) is 7.75. The van der Waals surface area contributed by atoms with Gasteiger partial charge in [0.25, 0.3) is 5.91 Å². The molecule has 2 aromatic rings. The van der Waals surface area contributed by atoms with Crippen molar-refractivity contribution in [2.75, 3.05) is 42.8 Å². The van der Waals surface area contributed by atoms with E-state index in [2.05, 4.69) is 21.3 Å². The molecule has 0 spiro atoms. The van der Waals surface area contributed by atoms with Crippen LogP contribution in [0.2, 0.25) is 0 Å². The predicted octanol–water partition coefficient (Wildman–Crippen LogP) is 3.16. The van der Waals surface area contributed by atoms with E-state index in [9.17, 15) is 14.4 Å². The maximum atomic E-state index is 12.4. The molecular formula is C23H30N4O4. The van der Waals surface area contributed by atoms with Crippen LogP contribution in [0.1, 0.15) is 35.7 Å². The Kier molecular flexibility index (Phi) is 9.51. The fraction of sp³-hybridized carbons (Fsp3) is 0.348. The summed E-state index contributed by atoms with van der Waals surface area (Å²) >= 11 is 0. The molecule has 0 atom stereocenters. The summed E-state index contributed by atoms with van der Waals surface area (Å²) in [6.07, 6.45) is 1.12. The first-order valence-corrected chi connectivity index (χ1v) is 10.2. The SMILES string of the molecule is CCC(=O)Nc1cccc(NCC(=O)Nc2cccc(C(=O)NCCCOC)c2)c1C. The third-order valence-corrected chi connectivity index (χ3v) is 4.59. The third-order valence-electron chi connectivity index (χ3n) is 4.59. The summed E-state index contributed by atoms with van der Waals surface area (Å²) in [6, 6.07) is 12.3. The first kappa shape index (κ1) is 23.9. The van der Waals surface area contributed by atoms with Gasteiger partial charge < -0.3 is 26.0 Å². The molecule has 0 aliphatic rings. The molecule has 8 heteroatoms. The minimum absolute atomic E-state index is 0.0411. The molecule has 0 aliphatic heterocycles. The highest BCUT2D eigenvalue weighted by Crippen LogP contribution is 2.23. The van der Waals surface area contributed by atoms with Crippen molar-refractivity contribution in [2.24, 2.45) is 0 Å². The van der Waals surface area contributed by atoms with E-state index in [1.807, 2.05) is 25.1 Å². The second kappa shape index (κ2) is 12.3. The molecule has 3 amide bonds. The van der Waals surface area contributed by atoms with E-state index in [0.29, 0.717) is 36.5 Å². The normalized spacial score (nSPS) is 10.3. The quantitative estimate of drug-likeness (QED) is 0.413. The highest BCUT2D eigenvalue weighted by atomic mass is 16.5. The van der Waals surface area contributed by atoms with Gasteiger partial charge in [0, 0.05) is 49.3 Å².